The Balaban J connectivity index is 2.70. The predicted octanol–water partition coefficient (Wildman–Crippen LogP) is 4.21. The quantitative estimate of drug-likeness (QED) is 0.542. The largest absolute Gasteiger partial charge is 0.292 e. The van der Waals surface area contributed by atoms with Crippen molar-refractivity contribution in [1.82, 2.24) is 0 Å². The van der Waals surface area contributed by atoms with Crippen LogP contribution in [0.4, 0.5) is 0 Å². The van der Waals surface area contributed by atoms with Gasteiger partial charge in [-0.05, 0) is 18.6 Å². The maximum Gasteiger partial charge on any atom is 0.0508 e. The van der Waals surface area contributed by atoms with Crippen LogP contribution in [0.15, 0.2) is 23.2 Å². The van der Waals surface area contributed by atoms with Crippen LogP contribution in [0.3, 0.4) is 0 Å². The van der Waals surface area contributed by atoms with E-state index >= 15 is 0 Å². The van der Waals surface area contributed by atoms with Crippen LogP contribution in [-0.2, 0) is 0 Å². The first-order valence-corrected chi connectivity index (χ1v) is 5.45. The molecular formula is C11H13Cl2N. The summed E-state index contributed by atoms with van der Waals surface area (Å²) in [6, 6.07) is 5.46. The average molecular weight is 230 g/mol. The standard InChI is InChI=1S/C11H13Cl2N/c1-2-3-7-14-8-9-10(12)5-4-6-11(9)13/h4-6,8H,2-3,7H2,1H3. The van der Waals surface area contributed by atoms with E-state index in [1.54, 1.807) is 6.21 Å². The van der Waals surface area contributed by atoms with Gasteiger partial charge in [-0.1, -0.05) is 42.6 Å². The third kappa shape index (κ3) is 3.32. The van der Waals surface area contributed by atoms with Crippen LogP contribution < -0.4 is 0 Å². The number of nitrogens with zero attached hydrogens (tertiary/aromatic N) is 1. The van der Waals surface area contributed by atoms with Gasteiger partial charge in [0.15, 0.2) is 0 Å². The van der Waals surface area contributed by atoms with Crippen LogP contribution in [0.1, 0.15) is 25.3 Å². The highest BCUT2D eigenvalue weighted by Crippen LogP contribution is 2.22. The van der Waals surface area contributed by atoms with Crippen molar-refractivity contribution in [2.75, 3.05) is 6.54 Å². The van der Waals surface area contributed by atoms with Gasteiger partial charge in [0, 0.05) is 18.3 Å². The third-order valence-electron chi connectivity index (χ3n) is 1.86. The molecule has 76 valence electrons. The Bertz CT molecular complexity index is 301. The number of hydrogen-bond donors (Lipinski definition) is 0. The lowest BCUT2D eigenvalue weighted by atomic mass is 10.2. The molecule has 0 amide bonds. The number of hydrogen-bond acceptors (Lipinski definition) is 1. The summed E-state index contributed by atoms with van der Waals surface area (Å²) in [5.41, 5.74) is 0.812. The van der Waals surface area contributed by atoms with Gasteiger partial charge in [0.05, 0.1) is 10.0 Å². The van der Waals surface area contributed by atoms with Crippen molar-refractivity contribution in [2.45, 2.75) is 19.8 Å². The van der Waals surface area contributed by atoms with E-state index in [0.29, 0.717) is 10.0 Å². The van der Waals surface area contributed by atoms with Crippen molar-refractivity contribution >= 4 is 29.4 Å². The van der Waals surface area contributed by atoms with E-state index in [9.17, 15) is 0 Å². The van der Waals surface area contributed by atoms with Gasteiger partial charge in [-0.25, -0.2) is 0 Å². The summed E-state index contributed by atoms with van der Waals surface area (Å²) in [6.45, 7) is 2.97. The zero-order chi connectivity index (χ0) is 10.4. The molecule has 1 rings (SSSR count). The van der Waals surface area contributed by atoms with Crippen molar-refractivity contribution in [3.63, 3.8) is 0 Å². The monoisotopic (exact) mass is 229 g/mol. The second-order valence-corrected chi connectivity index (χ2v) is 3.84. The molecule has 0 saturated carbocycles. The minimum absolute atomic E-state index is 0.651. The molecule has 1 aromatic rings. The summed E-state index contributed by atoms with van der Waals surface area (Å²) in [7, 11) is 0. The fourth-order valence-electron chi connectivity index (χ4n) is 1.04. The molecule has 1 aromatic carbocycles. The molecule has 0 unspecified atom stereocenters. The Kier molecular flexibility index (Phi) is 4.99. The van der Waals surface area contributed by atoms with Crippen LogP contribution in [0.5, 0.6) is 0 Å². The van der Waals surface area contributed by atoms with E-state index in [4.69, 9.17) is 23.2 Å². The van der Waals surface area contributed by atoms with E-state index in [1.165, 1.54) is 0 Å². The minimum Gasteiger partial charge on any atom is -0.292 e. The van der Waals surface area contributed by atoms with Gasteiger partial charge in [0.2, 0.25) is 0 Å². The molecule has 0 saturated heterocycles. The Morgan fingerprint density at radius 1 is 1.29 bits per heavy atom. The molecular weight excluding hydrogens is 217 g/mol. The second-order valence-electron chi connectivity index (χ2n) is 3.02. The lowest BCUT2D eigenvalue weighted by Crippen LogP contribution is -1.87. The number of halogens is 2. The first-order valence-electron chi connectivity index (χ1n) is 4.69. The molecule has 0 radical (unpaired) electrons. The number of aliphatic imine (C=N–C) groups is 1. The third-order valence-corrected chi connectivity index (χ3v) is 2.52. The van der Waals surface area contributed by atoms with E-state index in [0.717, 1.165) is 24.9 Å². The van der Waals surface area contributed by atoms with Gasteiger partial charge in [0.1, 0.15) is 0 Å². The fraction of sp³-hybridized carbons (Fsp3) is 0.364. The van der Waals surface area contributed by atoms with Crippen molar-refractivity contribution < 1.29 is 0 Å². The summed E-state index contributed by atoms with van der Waals surface area (Å²) in [5, 5.41) is 1.30. The van der Waals surface area contributed by atoms with Crippen molar-refractivity contribution in [1.29, 1.82) is 0 Å². The molecule has 0 fully saturated rings. The Morgan fingerprint density at radius 3 is 2.50 bits per heavy atom. The van der Waals surface area contributed by atoms with Crippen LogP contribution in [0.25, 0.3) is 0 Å². The second kappa shape index (κ2) is 6.05. The summed E-state index contributed by atoms with van der Waals surface area (Å²) < 4.78 is 0. The predicted molar refractivity (Wildman–Crippen MR) is 63.8 cm³/mol. The van der Waals surface area contributed by atoms with Gasteiger partial charge in [-0.3, -0.25) is 4.99 Å². The number of rotatable bonds is 4. The lowest BCUT2D eigenvalue weighted by molar-refractivity contribution is 0.810. The Labute approximate surface area is 94.8 Å². The molecule has 0 aliphatic heterocycles. The Morgan fingerprint density at radius 2 is 1.93 bits per heavy atom. The molecule has 1 nitrogen and oxygen atoms in total. The van der Waals surface area contributed by atoms with Crippen LogP contribution in [0, 0.1) is 0 Å². The average Bonchev–Trinajstić information content (AvgIpc) is 2.16. The highest BCUT2D eigenvalue weighted by molar-refractivity contribution is 6.38. The maximum absolute atomic E-state index is 5.97. The molecule has 0 heterocycles. The molecule has 14 heavy (non-hydrogen) atoms. The van der Waals surface area contributed by atoms with Gasteiger partial charge in [-0.15, -0.1) is 0 Å². The van der Waals surface area contributed by atoms with Crippen LogP contribution >= 0.6 is 23.2 Å². The molecule has 0 atom stereocenters. The first-order chi connectivity index (χ1) is 6.75. The molecule has 0 aliphatic rings. The van der Waals surface area contributed by atoms with E-state index in [2.05, 4.69) is 11.9 Å². The highest BCUT2D eigenvalue weighted by Gasteiger charge is 2.00. The molecule has 0 N–H and O–H groups in total. The van der Waals surface area contributed by atoms with Crippen LogP contribution in [0.2, 0.25) is 10.0 Å². The molecule has 0 spiro atoms. The molecule has 0 aliphatic carbocycles. The summed E-state index contributed by atoms with van der Waals surface area (Å²) in [4.78, 5) is 4.26. The van der Waals surface area contributed by atoms with Gasteiger partial charge < -0.3 is 0 Å². The minimum atomic E-state index is 0.651. The highest BCUT2D eigenvalue weighted by atomic mass is 35.5. The van der Waals surface area contributed by atoms with Crippen molar-refractivity contribution in [2.24, 2.45) is 4.99 Å². The number of unbranched alkanes of at least 4 members (excludes halogenated alkanes) is 1. The van der Waals surface area contributed by atoms with Crippen LogP contribution in [-0.4, -0.2) is 12.8 Å². The Hall–Kier alpha value is -0.530. The smallest absolute Gasteiger partial charge is 0.0508 e. The van der Waals surface area contributed by atoms with Gasteiger partial charge >= 0.3 is 0 Å². The SMILES string of the molecule is CCCCN=Cc1c(Cl)cccc1Cl. The normalized spacial score (nSPS) is 11.1. The summed E-state index contributed by atoms with van der Waals surface area (Å²) >= 11 is 11.9. The zero-order valence-electron chi connectivity index (χ0n) is 8.13. The fourth-order valence-corrected chi connectivity index (χ4v) is 1.53. The maximum atomic E-state index is 5.97. The zero-order valence-corrected chi connectivity index (χ0v) is 9.65. The topological polar surface area (TPSA) is 12.4 Å². The van der Waals surface area contributed by atoms with Gasteiger partial charge in [0.25, 0.3) is 0 Å². The lowest BCUT2D eigenvalue weighted by Gasteiger charge is -1.99. The van der Waals surface area contributed by atoms with Gasteiger partial charge in [-0.2, -0.15) is 0 Å². The molecule has 0 bridgehead atoms. The van der Waals surface area contributed by atoms with E-state index in [-0.39, 0.29) is 0 Å². The molecule has 3 heteroatoms. The van der Waals surface area contributed by atoms with E-state index in [1.807, 2.05) is 18.2 Å². The van der Waals surface area contributed by atoms with Crippen molar-refractivity contribution in [3.05, 3.63) is 33.8 Å². The summed E-state index contributed by atoms with van der Waals surface area (Å²) in [6.07, 6.45) is 3.99. The molecule has 0 aromatic heterocycles. The van der Waals surface area contributed by atoms with E-state index < -0.39 is 0 Å². The number of benzene rings is 1. The first kappa shape index (κ1) is 11.5. The van der Waals surface area contributed by atoms with Crippen molar-refractivity contribution in [3.8, 4) is 0 Å². The summed E-state index contributed by atoms with van der Waals surface area (Å²) in [5.74, 6) is 0.